The normalized spacial score (nSPS) is 15.8. The third kappa shape index (κ3) is 3.70. The van der Waals surface area contributed by atoms with E-state index in [2.05, 4.69) is 18.3 Å². The molecule has 1 aliphatic carbocycles. The average Bonchev–Trinajstić information content (AvgIpc) is 2.88. The van der Waals surface area contributed by atoms with Gasteiger partial charge in [-0.3, -0.25) is 13.9 Å². The highest BCUT2D eigenvalue weighted by molar-refractivity contribution is 5.83. The lowest BCUT2D eigenvalue weighted by molar-refractivity contribution is -0.122. The number of aromatic nitrogens is 2. The Hall–Kier alpha value is -2.30. The number of para-hydroxylation sites is 2. The van der Waals surface area contributed by atoms with E-state index < -0.39 is 0 Å². The zero-order chi connectivity index (χ0) is 17.8. The summed E-state index contributed by atoms with van der Waals surface area (Å²) in [5.41, 5.74) is 2.64. The van der Waals surface area contributed by atoms with E-state index in [0.29, 0.717) is 0 Å². The molecule has 2 aromatic rings. The fourth-order valence-corrected chi connectivity index (χ4v) is 3.63. The van der Waals surface area contributed by atoms with Gasteiger partial charge in [0, 0.05) is 11.7 Å². The minimum atomic E-state index is -0.118. The third-order valence-electron chi connectivity index (χ3n) is 4.82. The van der Waals surface area contributed by atoms with Crippen molar-refractivity contribution < 1.29 is 4.79 Å². The molecule has 1 heterocycles. The maximum absolute atomic E-state index is 13.0. The number of hydrogen-bond donors (Lipinski definition) is 1. The van der Waals surface area contributed by atoms with Crippen LogP contribution in [-0.4, -0.2) is 21.1 Å². The fourth-order valence-electron chi connectivity index (χ4n) is 3.63. The van der Waals surface area contributed by atoms with Gasteiger partial charge in [0.05, 0.1) is 11.0 Å². The number of amides is 1. The van der Waals surface area contributed by atoms with Crippen LogP contribution in [-0.2, 0) is 11.3 Å². The lowest BCUT2D eigenvalue weighted by atomic mass is 10.0. The predicted octanol–water partition coefficient (Wildman–Crippen LogP) is 3.52. The summed E-state index contributed by atoms with van der Waals surface area (Å²) >= 11 is 0. The van der Waals surface area contributed by atoms with Crippen molar-refractivity contribution in [1.82, 2.24) is 14.5 Å². The Kier molecular flexibility index (Phi) is 5.41. The van der Waals surface area contributed by atoms with Crippen LogP contribution in [0.1, 0.15) is 52.4 Å². The number of benzene rings is 1. The molecule has 5 nitrogen and oxygen atoms in total. The van der Waals surface area contributed by atoms with E-state index in [0.717, 1.165) is 48.8 Å². The first-order chi connectivity index (χ1) is 12.1. The van der Waals surface area contributed by atoms with E-state index in [4.69, 9.17) is 0 Å². The van der Waals surface area contributed by atoms with Gasteiger partial charge >= 0.3 is 5.69 Å². The molecule has 0 radical (unpaired) electrons. The molecular formula is C20H27N3O2. The molecule has 1 N–H and O–H groups in total. The Bertz CT molecular complexity index is 844. The SMILES string of the molecule is CCC[C@@H](C)NC(=O)Cn1c(=O)n(C2=CCCCC2)c2ccccc21. The van der Waals surface area contributed by atoms with E-state index in [1.54, 1.807) is 9.13 Å². The number of hydrogen-bond acceptors (Lipinski definition) is 2. The smallest absolute Gasteiger partial charge is 0.333 e. The molecule has 0 bridgehead atoms. The fraction of sp³-hybridized carbons (Fsp3) is 0.500. The maximum atomic E-state index is 13.0. The van der Waals surface area contributed by atoms with Crippen molar-refractivity contribution in [3.05, 3.63) is 40.8 Å². The van der Waals surface area contributed by atoms with Crippen LogP contribution in [0.3, 0.4) is 0 Å². The molecule has 0 fully saturated rings. The summed E-state index contributed by atoms with van der Waals surface area (Å²) < 4.78 is 3.38. The average molecular weight is 341 g/mol. The van der Waals surface area contributed by atoms with Crippen molar-refractivity contribution in [2.24, 2.45) is 0 Å². The second-order valence-electron chi connectivity index (χ2n) is 6.89. The van der Waals surface area contributed by atoms with E-state index in [9.17, 15) is 9.59 Å². The molecule has 1 aromatic heterocycles. The summed E-state index contributed by atoms with van der Waals surface area (Å²) in [6.45, 7) is 4.16. The van der Waals surface area contributed by atoms with Crippen molar-refractivity contribution in [3.8, 4) is 0 Å². The van der Waals surface area contributed by atoms with Gasteiger partial charge in [0.25, 0.3) is 0 Å². The lowest BCUT2D eigenvalue weighted by Gasteiger charge is -2.14. The Labute approximate surface area is 148 Å². The number of rotatable bonds is 6. The minimum Gasteiger partial charge on any atom is -0.352 e. The Morgan fingerprint density at radius 3 is 2.68 bits per heavy atom. The molecule has 0 saturated heterocycles. The molecule has 0 aliphatic heterocycles. The molecule has 0 saturated carbocycles. The van der Waals surface area contributed by atoms with Crippen LogP contribution in [0.4, 0.5) is 0 Å². The molecule has 0 spiro atoms. The van der Waals surface area contributed by atoms with Crippen LogP contribution in [0.5, 0.6) is 0 Å². The van der Waals surface area contributed by atoms with Crippen molar-refractivity contribution in [3.63, 3.8) is 0 Å². The van der Waals surface area contributed by atoms with Crippen LogP contribution in [0.2, 0.25) is 0 Å². The summed E-state index contributed by atoms with van der Waals surface area (Å²) in [5.74, 6) is -0.108. The summed E-state index contributed by atoms with van der Waals surface area (Å²) in [6.07, 6.45) is 8.32. The first kappa shape index (κ1) is 17.5. The number of fused-ring (bicyclic) bond motifs is 1. The molecule has 5 heteroatoms. The highest BCUT2D eigenvalue weighted by atomic mass is 16.2. The van der Waals surface area contributed by atoms with Crippen LogP contribution < -0.4 is 11.0 Å². The minimum absolute atomic E-state index is 0.0632. The standard InChI is InChI=1S/C20H27N3O2/c1-3-9-15(2)21-19(24)14-22-17-12-7-8-13-18(17)23(20(22)25)16-10-5-4-6-11-16/h7-8,10,12-13,15H,3-6,9,11,14H2,1-2H3,(H,21,24)/t15-/m1/s1. The molecular weight excluding hydrogens is 314 g/mol. The molecule has 1 aromatic carbocycles. The molecule has 1 atom stereocenters. The number of carbonyl (C=O) groups is 1. The van der Waals surface area contributed by atoms with Crippen molar-refractivity contribution in [1.29, 1.82) is 0 Å². The zero-order valence-corrected chi connectivity index (χ0v) is 15.1. The topological polar surface area (TPSA) is 56.0 Å². The van der Waals surface area contributed by atoms with Gasteiger partial charge in [-0.05, 0) is 51.2 Å². The highest BCUT2D eigenvalue weighted by Crippen LogP contribution is 2.24. The third-order valence-corrected chi connectivity index (χ3v) is 4.82. The summed E-state index contributed by atoms with van der Waals surface area (Å²) in [4.78, 5) is 25.4. The van der Waals surface area contributed by atoms with Crippen LogP contribution in [0, 0.1) is 0 Å². The van der Waals surface area contributed by atoms with E-state index in [1.807, 2.05) is 31.2 Å². The second-order valence-corrected chi connectivity index (χ2v) is 6.89. The van der Waals surface area contributed by atoms with Crippen LogP contribution in [0.15, 0.2) is 35.1 Å². The lowest BCUT2D eigenvalue weighted by Crippen LogP contribution is -2.37. The van der Waals surface area contributed by atoms with Crippen LogP contribution in [0.25, 0.3) is 16.7 Å². The van der Waals surface area contributed by atoms with Gasteiger partial charge in [-0.15, -0.1) is 0 Å². The van der Waals surface area contributed by atoms with Crippen molar-refractivity contribution in [2.45, 2.75) is 65.0 Å². The Balaban J connectivity index is 1.96. The van der Waals surface area contributed by atoms with E-state index in [1.165, 1.54) is 6.42 Å². The molecule has 134 valence electrons. The zero-order valence-electron chi connectivity index (χ0n) is 15.1. The number of allylic oxidation sites excluding steroid dienone is 2. The molecule has 25 heavy (non-hydrogen) atoms. The Morgan fingerprint density at radius 1 is 1.24 bits per heavy atom. The van der Waals surface area contributed by atoms with Gasteiger partial charge in [-0.25, -0.2) is 4.79 Å². The first-order valence-corrected chi connectivity index (χ1v) is 9.31. The molecule has 1 aliphatic rings. The van der Waals surface area contributed by atoms with Gasteiger partial charge in [0.1, 0.15) is 6.54 Å². The van der Waals surface area contributed by atoms with Gasteiger partial charge in [-0.1, -0.05) is 31.6 Å². The number of nitrogens with zero attached hydrogens (tertiary/aromatic N) is 2. The maximum Gasteiger partial charge on any atom is 0.333 e. The highest BCUT2D eigenvalue weighted by Gasteiger charge is 2.19. The first-order valence-electron chi connectivity index (χ1n) is 9.31. The van der Waals surface area contributed by atoms with Crippen LogP contribution >= 0.6 is 0 Å². The van der Waals surface area contributed by atoms with Crippen molar-refractivity contribution in [2.75, 3.05) is 0 Å². The van der Waals surface area contributed by atoms with Gasteiger partial charge in [-0.2, -0.15) is 0 Å². The van der Waals surface area contributed by atoms with Gasteiger partial charge in [0.2, 0.25) is 5.91 Å². The number of imidazole rings is 1. The predicted molar refractivity (Wildman–Crippen MR) is 101 cm³/mol. The number of carbonyl (C=O) groups excluding carboxylic acids is 1. The van der Waals surface area contributed by atoms with Gasteiger partial charge < -0.3 is 5.32 Å². The van der Waals surface area contributed by atoms with E-state index >= 15 is 0 Å². The number of nitrogens with one attached hydrogen (secondary N) is 1. The Morgan fingerprint density at radius 2 is 2.00 bits per heavy atom. The quantitative estimate of drug-likeness (QED) is 0.874. The molecule has 1 amide bonds. The van der Waals surface area contributed by atoms with E-state index in [-0.39, 0.29) is 24.2 Å². The largest absolute Gasteiger partial charge is 0.352 e. The summed E-state index contributed by atoms with van der Waals surface area (Å²) in [7, 11) is 0. The summed E-state index contributed by atoms with van der Waals surface area (Å²) in [5, 5.41) is 2.99. The van der Waals surface area contributed by atoms with Gasteiger partial charge in [0.15, 0.2) is 0 Å². The van der Waals surface area contributed by atoms with Crippen molar-refractivity contribution >= 4 is 22.6 Å². The summed E-state index contributed by atoms with van der Waals surface area (Å²) in [6, 6.07) is 7.85. The molecule has 3 rings (SSSR count). The second kappa shape index (κ2) is 7.72. The monoisotopic (exact) mass is 341 g/mol. The molecule has 0 unspecified atom stereocenters.